The summed E-state index contributed by atoms with van der Waals surface area (Å²) in [5.74, 6) is -0.922. The van der Waals surface area contributed by atoms with Gasteiger partial charge in [-0.1, -0.05) is 36.4 Å². The van der Waals surface area contributed by atoms with Gasteiger partial charge in [0.25, 0.3) is 5.91 Å². The number of alkyl halides is 3. The summed E-state index contributed by atoms with van der Waals surface area (Å²) in [5.41, 5.74) is 1.40. The van der Waals surface area contributed by atoms with Gasteiger partial charge < -0.3 is 4.90 Å². The molecule has 0 saturated heterocycles. The fourth-order valence-corrected chi connectivity index (χ4v) is 4.71. The van der Waals surface area contributed by atoms with Crippen LogP contribution in [0.5, 0.6) is 0 Å². The summed E-state index contributed by atoms with van der Waals surface area (Å²) in [6.45, 7) is 2.62. The minimum absolute atomic E-state index is 0.159. The van der Waals surface area contributed by atoms with E-state index in [0.29, 0.717) is 50.2 Å². The standard InChI is InChI=1S/C24H22F4N4O/c25-18-7-6-17(20(12-18)24(26,27)28)14-32-22(33)19-15-30(13-16-4-2-1-3-5-16)10-8-21(19)31-11-9-29-23(31)32/h1-7,12H,8-11,13-15H2. The number of amides is 1. The van der Waals surface area contributed by atoms with E-state index in [-0.39, 0.29) is 18.0 Å². The van der Waals surface area contributed by atoms with Crippen LogP contribution in [0.3, 0.4) is 0 Å². The minimum atomic E-state index is -4.73. The molecule has 2 aromatic carbocycles. The van der Waals surface area contributed by atoms with Gasteiger partial charge in [0.1, 0.15) is 5.82 Å². The maximum Gasteiger partial charge on any atom is 0.416 e. The van der Waals surface area contributed by atoms with E-state index in [2.05, 4.69) is 9.89 Å². The van der Waals surface area contributed by atoms with Crippen LogP contribution in [0.15, 0.2) is 64.8 Å². The number of carbonyl (C=O) groups excluding carboxylic acids is 1. The molecule has 5 rings (SSSR count). The number of guanidine groups is 1. The number of rotatable bonds is 4. The number of benzene rings is 2. The minimum Gasteiger partial charge on any atom is -0.314 e. The molecule has 9 heteroatoms. The molecule has 0 bridgehead atoms. The summed E-state index contributed by atoms with van der Waals surface area (Å²) >= 11 is 0. The van der Waals surface area contributed by atoms with Crippen LogP contribution in [0.25, 0.3) is 0 Å². The Labute approximate surface area is 188 Å². The largest absolute Gasteiger partial charge is 0.416 e. The van der Waals surface area contributed by atoms with Gasteiger partial charge in [-0.25, -0.2) is 4.39 Å². The van der Waals surface area contributed by atoms with E-state index in [1.165, 1.54) is 4.90 Å². The summed E-state index contributed by atoms with van der Waals surface area (Å²) in [5, 5.41) is 0. The first kappa shape index (κ1) is 21.6. The Kier molecular flexibility index (Phi) is 5.44. The Morgan fingerprint density at radius 1 is 1.00 bits per heavy atom. The number of hydrogen-bond acceptors (Lipinski definition) is 4. The van der Waals surface area contributed by atoms with Crippen molar-refractivity contribution in [2.75, 3.05) is 26.2 Å². The Bertz CT molecular complexity index is 1140. The van der Waals surface area contributed by atoms with Gasteiger partial charge in [0.15, 0.2) is 0 Å². The number of nitrogens with zero attached hydrogens (tertiary/aromatic N) is 4. The van der Waals surface area contributed by atoms with Crippen LogP contribution in [0.2, 0.25) is 0 Å². The van der Waals surface area contributed by atoms with Gasteiger partial charge in [-0.05, 0) is 23.3 Å². The van der Waals surface area contributed by atoms with Crippen molar-refractivity contribution in [3.63, 3.8) is 0 Å². The van der Waals surface area contributed by atoms with Crippen molar-refractivity contribution in [3.05, 3.63) is 82.3 Å². The lowest BCUT2D eigenvalue weighted by Gasteiger charge is -2.42. The molecule has 0 aromatic heterocycles. The molecule has 0 radical (unpaired) electrons. The van der Waals surface area contributed by atoms with E-state index in [9.17, 15) is 22.4 Å². The molecule has 3 aliphatic heterocycles. The molecule has 33 heavy (non-hydrogen) atoms. The normalized spacial score (nSPS) is 19.0. The molecule has 0 spiro atoms. The number of carbonyl (C=O) groups is 1. The molecule has 0 saturated carbocycles. The molecule has 0 unspecified atom stereocenters. The zero-order valence-electron chi connectivity index (χ0n) is 17.8. The molecule has 5 nitrogen and oxygen atoms in total. The molecular weight excluding hydrogens is 436 g/mol. The van der Waals surface area contributed by atoms with Crippen LogP contribution in [-0.4, -0.2) is 52.7 Å². The van der Waals surface area contributed by atoms with Gasteiger partial charge in [0.2, 0.25) is 5.96 Å². The summed E-state index contributed by atoms with van der Waals surface area (Å²) in [7, 11) is 0. The average Bonchev–Trinajstić information content (AvgIpc) is 3.27. The van der Waals surface area contributed by atoms with Gasteiger partial charge in [0.05, 0.1) is 24.2 Å². The lowest BCUT2D eigenvalue weighted by molar-refractivity contribution is -0.139. The second-order valence-electron chi connectivity index (χ2n) is 8.40. The number of aliphatic imine (C=N–C) groups is 1. The predicted octanol–water partition coefficient (Wildman–Crippen LogP) is 4.02. The zero-order valence-corrected chi connectivity index (χ0v) is 17.8. The van der Waals surface area contributed by atoms with Gasteiger partial charge in [-0.3, -0.25) is 19.6 Å². The van der Waals surface area contributed by atoms with Crippen molar-refractivity contribution in [2.24, 2.45) is 4.99 Å². The third-order valence-electron chi connectivity index (χ3n) is 6.24. The van der Waals surface area contributed by atoms with Crippen LogP contribution in [-0.2, 0) is 24.1 Å². The smallest absolute Gasteiger partial charge is 0.314 e. The van der Waals surface area contributed by atoms with Gasteiger partial charge in [-0.2, -0.15) is 13.2 Å². The van der Waals surface area contributed by atoms with E-state index in [0.717, 1.165) is 29.9 Å². The molecule has 1 amide bonds. The highest BCUT2D eigenvalue weighted by Gasteiger charge is 2.42. The van der Waals surface area contributed by atoms with Crippen LogP contribution >= 0.6 is 0 Å². The van der Waals surface area contributed by atoms with Crippen molar-refractivity contribution in [2.45, 2.75) is 25.7 Å². The summed E-state index contributed by atoms with van der Waals surface area (Å²) in [6.07, 6.45) is -4.06. The first-order valence-corrected chi connectivity index (χ1v) is 10.8. The number of fused-ring (bicyclic) bond motifs is 2. The highest BCUT2D eigenvalue weighted by Crippen LogP contribution is 2.36. The van der Waals surface area contributed by atoms with Gasteiger partial charge in [-0.15, -0.1) is 0 Å². The first-order chi connectivity index (χ1) is 15.8. The SMILES string of the molecule is O=C1C2=C(CCN(Cc3ccccc3)C2)N2CCN=C2N1Cc1ccc(F)cc1C(F)(F)F. The van der Waals surface area contributed by atoms with E-state index in [1.807, 2.05) is 35.2 Å². The second kappa shape index (κ2) is 8.30. The fraction of sp³-hybridized carbons (Fsp3) is 0.333. The Morgan fingerprint density at radius 3 is 2.55 bits per heavy atom. The highest BCUT2D eigenvalue weighted by atomic mass is 19.4. The van der Waals surface area contributed by atoms with Crippen molar-refractivity contribution < 1.29 is 22.4 Å². The third-order valence-corrected chi connectivity index (χ3v) is 6.24. The number of hydrogen-bond donors (Lipinski definition) is 0. The Hall–Kier alpha value is -3.20. The molecule has 172 valence electrons. The third kappa shape index (κ3) is 4.13. The molecule has 0 atom stereocenters. The molecule has 2 aromatic rings. The number of halogens is 4. The predicted molar refractivity (Wildman–Crippen MR) is 114 cm³/mol. The van der Waals surface area contributed by atoms with E-state index >= 15 is 0 Å². The molecule has 3 heterocycles. The van der Waals surface area contributed by atoms with Crippen molar-refractivity contribution in [1.82, 2.24) is 14.7 Å². The molecule has 0 aliphatic carbocycles. The quantitative estimate of drug-likeness (QED) is 0.650. The van der Waals surface area contributed by atoms with Gasteiger partial charge in [0, 0.05) is 38.3 Å². The van der Waals surface area contributed by atoms with E-state index in [1.54, 1.807) is 0 Å². The summed E-state index contributed by atoms with van der Waals surface area (Å²) in [6, 6.07) is 12.5. The second-order valence-corrected chi connectivity index (χ2v) is 8.40. The van der Waals surface area contributed by atoms with Crippen LogP contribution in [0.4, 0.5) is 17.6 Å². The van der Waals surface area contributed by atoms with Crippen molar-refractivity contribution in [3.8, 4) is 0 Å². The maximum absolute atomic E-state index is 13.6. The van der Waals surface area contributed by atoms with Crippen molar-refractivity contribution in [1.29, 1.82) is 0 Å². The molecular formula is C24H22F4N4O. The average molecular weight is 458 g/mol. The lowest BCUT2D eigenvalue weighted by Crippen LogP contribution is -2.53. The van der Waals surface area contributed by atoms with Crippen LogP contribution in [0, 0.1) is 5.82 Å². The Balaban J connectivity index is 1.44. The summed E-state index contributed by atoms with van der Waals surface area (Å²) < 4.78 is 54.2. The fourth-order valence-electron chi connectivity index (χ4n) is 4.71. The lowest BCUT2D eigenvalue weighted by atomic mass is 9.99. The highest BCUT2D eigenvalue weighted by molar-refractivity contribution is 6.09. The van der Waals surface area contributed by atoms with Crippen LogP contribution in [0.1, 0.15) is 23.1 Å². The zero-order chi connectivity index (χ0) is 23.2. The van der Waals surface area contributed by atoms with Gasteiger partial charge >= 0.3 is 6.18 Å². The molecule has 0 N–H and O–H groups in total. The summed E-state index contributed by atoms with van der Waals surface area (Å²) in [4.78, 5) is 23.4. The maximum atomic E-state index is 13.6. The van der Waals surface area contributed by atoms with E-state index in [4.69, 9.17) is 0 Å². The first-order valence-electron chi connectivity index (χ1n) is 10.8. The van der Waals surface area contributed by atoms with Crippen molar-refractivity contribution >= 4 is 11.9 Å². The monoisotopic (exact) mass is 458 g/mol. The molecule has 3 aliphatic rings. The topological polar surface area (TPSA) is 39.2 Å². The molecule has 0 fully saturated rings. The van der Waals surface area contributed by atoms with Crippen LogP contribution < -0.4 is 0 Å². The van der Waals surface area contributed by atoms with E-state index < -0.39 is 17.6 Å². The Morgan fingerprint density at radius 2 is 1.79 bits per heavy atom.